The number of nitrogens with zero attached hydrogens (tertiary/aromatic N) is 4. The molecule has 0 saturated carbocycles. The van der Waals surface area contributed by atoms with Gasteiger partial charge in [0.2, 0.25) is 0 Å². The third kappa shape index (κ3) is 4.13. The van der Waals surface area contributed by atoms with Gasteiger partial charge in [-0.2, -0.15) is 13.2 Å². The normalized spacial score (nSPS) is 21.1. The third-order valence-corrected chi connectivity index (χ3v) is 3.99. The number of carbonyl (C=O) groups is 1. The van der Waals surface area contributed by atoms with Crippen molar-refractivity contribution >= 4 is 5.91 Å². The Labute approximate surface area is 141 Å². The van der Waals surface area contributed by atoms with Gasteiger partial charge in [0.15, 0.2) is 11.5 Å². The molecule has 1 saturated heterocycles. The smallest absolute Gasteiger partial charge is 0.348 e. The van der Waals surface area contributed by atoms with E-state index in [1.54, 1.807) is 0 Å². The maximum Gasteiger partial charge on any atom is 0.417 e. The maximum absolute atomic E-state index is 12.5. The Bertz CT molecular complexity index is 742. The van der Waals surface area contributed by atoms with Gasteiger partial charge in [-0.1, -0.05) is 5.21 Å². The second-order valence-electron chi connectivity index (χ2n) is 6.00. The Kier molecular flexibility index (Phi) is 4.71. The van der Waals surface area contributed by atoms with E-state index < -0.39 is 11.7 Å². The van der Waals surface area contributed by atoms with Crippen LogP contribution in [0.5, 0.6) is 0 Å². The fraction of sp³-hybridized carbons (Fsp3) is 0.467. The van der Waals surface area contributed by atoms with Gasteiger partial charge in [-0.05, 0) is 38.4 Å². The lowest BCUT2D eigenvalue weighted by Crippen LogP contribution is -2.46. The highest BCUT2D eigenvalue weighted by atomic mass is 19.4. The summed E-state index contributed by atoms with van der Waals surface area (Å²) in [5.74, 6) is -0.215. The Morgan fingerprint density at radius 2 is 2.20 bits per heavy atom. The molecule has 0 bridgehead atoms. The number of halogens is 3. The molecule has 7 nitrogen and oxygen atoms in total. The molecule has 10 heteroatoms. The van der Waals surface area contributed by atoms with Gasteiger partial charge in [0.1, 0.15) is 0 Å². The van der Waals surface area contributed by atoms with Crippen molar-refractivity contribution < 1.29 is 18.0 Å². The van der Waals surface area contributed by atoms with Crippen molar-refractivity contribution in [3.63, 3.8) is 0 Å². The highest BCUT2D eigenvalue weighted by Gasteiger charge is 2.30. The van der Waals surface area contributed by atoms with Gasteiger partial charge in [-0.25, -0.2) is 9.67 Å². The first kappa shape index (κ1) is 17.3. The molecular weight excluding hydrogens is 337 g/mol. The van der Waals surface area contributed by atoms with Crippen molar-refractivity contribution in [2.75, 3.05) is 6.54 Å². The standard InChI is InChI=1S/C15H17F3N6O/c1-9-6-11(4-5-19-9)21-14(25)12-8-24(23-22-12)13-3-2-10(7-20-13)15(16,17)18/h2-3,7-9,11,19H,4-6H2,1H3,(H,21,25). The predicted molar refractivity (Wildman–Crippen MR) is 82.1 cm³/mol. The van der Waals surface area contributed by atoms with Gasteiger partial charge in [0, 0.05) is 18.3 Å². The second-order valence-corrected chi connectivity index (χ2v) is 6.00. The van der Waals surface area contributed by atoms with Crippen LogP contribution >= 0.6 is 0 Å². The van der Waals surface area contributed by atoms with Gasteiger partial charge in [-0.15, -0.1) is 5.10 Å². The summed E-state index contributed by atoms with van der Waals surface area (Å²) in [6, 6.07) is 2.46. The quantitative estimate of drug-likeness (QED) is 0.874. The summed E-state index contributed by atoms with van der Waals surface area (Å²) >= 11 is 0. The molecule has 0 aromatic carbocycles. The van der Waals surface area contributed by atoms with E-state index in [2.05, 4.69) is 25.9 Å². The highest BCUT2D eigenvalue weighted by molar-refractivity contribution is 5.92. The van der Waals surface area contributed by atoms with E-state index in [0.717, 1.165) is 25.5 Å². The number of amides is 1. The zero-order valence-corrected chi connectivity index (χ0v) is 13.4. The van der Waals surface area contributed by atoms with Gasteiger partial charge >= 0.3 is 6.18 Å². The molecule has 2 N–H and O–H groups in total. The molecule has 1 aliphatic heterocycles. The molecule has 1 fully saturated rings. The Hall–Kier alpha value is -2.49. The first-order valence-corrected chi connectivity index (χ1v) is 7.83. The van der Waals surface area contributed by atoms with E-state index in [1.807, 2.05) is 6.92 Å². The van der Waals surface area contributed by atoms with Crippen molar-refractivity contribution in [1.82, 2.24) is 30.6 Å². The summed E-state index contributed by atoms with van der Waals surface area (Å²) in [4.78, 5) is 15.9. The van der Waals surface area contributed by atoms with Gasteiger partial charge in [-0.3, -0.25) is 4.79 Å². The summed E-state index contributed by atoms with van der Waals surface area (Å²) in [5, 5.41) is 13.7. The van der Waals surface area contributed by atoms with E-state index in [0.29, 0.717) is 12.2 Å². The molecule has 1 aliphatic rings. The number of alkyl halides is 3. The van der Waals surface area contributed by atoms with Crippen molar-refractivity contribution in [3.8, 4) is 5.82 Å². The molecular formula is C15H17F3N6O. The zero-order valence-electron chi connectivity index (χ0n) is 13.4. The molecule has 1 amide bonds. The van der Waals surface area contributed by atoms with Crippen LogP contribution in [0.4, 0.5) is 13.2 Å². The molecule has 25 heavy (non-hydrogen) atoms. The number of hydrogen-bond donors (Lipinski definition) is 2. The van der Waals surface area contributed by atoms with E-state index in [9.17, 15) is 18.0 Å². The van der Waals surface area contributed by atoms with Gasteiger partial charge < -0.3 is 10.6 Å². The van der Waals surface area contributed by atoms with Crippen LogP contribution in [0.2, 0.25) is 0 Å². The van der Waals surface area contributed by atoms with Crippen molar-refractivity contribution in [1.29, 1.82) is 0 Å². The first-order chi connectivity index (χ1) is 11.8. The van der Waals surface area contributed by atoms with Crippen molar-refractivity contribution in [2.45, 2.75) is 38.0 Å². The minimum atomic E-state index is -4.45. The molecule has 2 aromatic heterocycles. The lowest BCUT2D eigenvalue weighted by atomic mass is 10.0. The molecule has 3 heterocycles. The SMILES string of the molecule is CC1CC(NC(=O)c2cn(-c3ccc(C(F)(F)F)cn3)nn2)CCN1. The van der Waals surface area contributed by atoms with E-state index in [1.165, 1.54) is 16.9 Å². The third-order valence-electron chi connectivity index (χ3n) is 3.99. The van der Waals surface area contributed by atoms with Crippen LogP contribution in [0, 0.1) is 0 Å². The minimum Gasteiger partial charge on any atom is -0.348 e. The van der Waals surface area contributed by atoms with E-state index in [4.69, 9.17) is 0 Å². The van der Waals surface area contributed by atoms with E-state index >= 15 is 0 Å². The van der Waals surface area contributed by atoms with Gasteiger partial charge in [0.25, 0.3) is 5.91 Å². The average molecular weight is 354 g/mol. The Balaban J connectivity index is 1.68. The lowest BCUT2D eigenvalue weighted by Gasteiger charge is -2.28. The van der Waals surface area contributed by atoms with Crippen LogP contribution in [0.3, 0.4) is 0 Å². The number of carbonyl (C=O) groups excluding carboxylic acids is 1. The largest absolute Gasteiger partial charge is 0.417 e. The summed E-state index contributed by atoms with van der Waals surface area (Å²) in [6.07, 6.45) is -0.751. The number of aromatic nitrogens is 4. The van der Waals surface area contributed by atoms with Crippen LogP contribution in [-0.4, -0.2) is 44.5 Å². The number of nitrogens with one attached hydrogen (secondary N) is 2. The minimum absolute atomic E-state index is 0.0538. The molecule has 2 unspecified atom stereocenters. The molecule has 3 rings (SSSR count). The van der Waals surface area contributed by atoms with Crippen molar-refractivity contribution in [3.05, 3.63) is 35.8 Å². The second kappa shape index (κ2) is 6.79. The molecule has 0 aliphatic carbocycles. The molecule has 0 spiro atoms. The molecule has 2 atom stereocenters. The summed E-state index contributed by atoms with van der Waals surface area (Å²) in [7, 11) is 0. The zero-order chi connectivity index (χ0) is 18.0. The number of piperidine rings is 1. The topological polar surface area (TPSA) is 84.7 Å². The van der Waals surface area contributed by atoms with Crippen LogP contribution in [-0.2, 0) is 6.18 Å². The summed E-state index contributed by atoms with van der Waals surface area (Å²) in [6.45, 7) is 2.87. The van der Waals surface area contributed by atoms with Gasteiger partial charge in [0.05, 0.1) is 11.8 Å². The van der Waals surface area contributed by atoms with Crippen LogP contribution < -0.4 is 10.6 Å². The molecule has 0 radical (unpaired) electrons. The Morgan fingerprint density at radius 1 is 1.40 bits per heavy atom. The predicted octanol–water partition coefficient (Wildman–Crippen LogP) is 1.55. The van der Waals surface area contributed by atoms with Crippen LogP contribution in [0.15, 0.2) is 24.5 Å². The molecule has 134 valence electrons. The average Bonchev–Trinajstić information content (AvgIpc) is 3.04. The summed E-state index contributed by atoms with van der Waals surface area (Å²) < 4.78 is 38.8. The number of hydrogen-bond acceptors (Lipinski definition) is 5. The van der Waals surface area contributed by atoms with Crippen LogP contribution in [0.1, 0.15) is 35.8 Å². The molecule has 2 aromatic rings. The Morgan fingerprint density at radius 3 is 2.84 bits per heavy atom. The van der Waals surface area contributed by atoms with Crippen molar-refractivity contribution in [2.24, 2.45) is 0 Å². The van der Waals surface area contributed by atoms with Crippen LogP contribution in [0.25, 0.3) is 5.82 Å². The summed E-state index contributed by atoms with van der Waals surface area (Å²) in [5.41, 5.74) is -0.762. The number of pyridine rings is 1. The monoisotopic (exact) mass is 354 g/mol. The fourth-order valence-corrected chi connectivity index (χ4v) is 2.69. The fourth-order valence-electron chi connectivity index (χ4n) is 2.69. The highest BCUT2D eigenvalue weighted by Crippen LogP contribution is 2.28. The number of rotatable bonds is 3. The first-order valence-electron chi connectivity index (χ1n) is 7.83. The maximum atomic E-state index is 12.5. The lowest BCUT2D eigenvalue weighted by molar-refractivity contribution is -0.137. The van der Waals surface area contributed by atoms with E-state index in [-0.39, 0.29) is 23.5 Å².